The number of rotatable bonds is 20. The lowest BCUT2D eigenvalue weighted by Gasteiger charge is -2.20. The standard InChI is InChI=1S/C34H46N6O7S/c1-24-21-28(47-20-8-11-31(41)38-19-18-35-3)22-25(2)32(24)48(44,45)40-29(34(43)46-4)23-39-33(42)27-14-12-26(13-15-27)9-7-17-37-30-10-5-6-16-36-30/h5-6,10,12-16,21-22,29,35,40H,7-9,11,17-20,23H2,1-4H3,(H,36,37)(H,38,41)(H,39,42)/t29-/m0/s1. The predicted molar refractivity (Wildman–Crippen MR) is 184 cm³/mol. The number of aryl methyl sites for hydroxylation is 3. The fourth-order valence-electron chi connectivity index (χ4n) is 4.91. The number of carbonyl (C=O) groups is 3. The van der Waals surface area contributed by atoms with Gasteiger partial charge >= 0.3 is 5.97 Å². The molecule has 14 heteroatoms. The minimum atomic E-state index is -4.21. The third-order valence-corrected chi connectivity index (χ3v) is 9.07. The van der Waals surface area contributed by atoms with Crippen molar-refractivity contribution in [2.45, 2.75) is 50.5 Å². The Bertz CT molecular complexity index is 1580. The van der Waals surface area contributed by atoms with Crippen molar-refractivity contribution in [3.05, 3.63) is 83.0 Å². The van der Waals surface area contributed by atoms with E-state index in [1.807, 2.05) is 37.4 Å². The zero-order chi connectivity index (χ0) is 34.9. The number of nitrogens with one attached hydrogen (secondary N) is 5. The van der Waals surface area contributed by atoms with Crippen molar-refractivity contribution in [3.8, 4) is 5.75 Å². The lowest BCUT2D eigenvalue weighted by atomic mass is 10.1. The molecule has 0 saturated heterocycles. The second-order valence-electron chi connectivity index (χ2n) is 11.1. The van der Waals surface area contributed by atoms with Gasteiger partial charge in [-0.3, -0.25) is 14.4 Å². The molecule has 0 aliphatic carbocycles. The Labute approximate surface area is 282 Å². The predicted octanol–water partition coefficient (Wildman–Crippen LogP) is 2.49. The number of esters is 1. The molecule has 0 saturated carbocycles. The van der Waals surface area contributed by atoms with E-state index in [0.29, 0.717) is 48.4 Å². The van der Waals surface area contributed by atoms with Crippen molar-refractivity contribution in [2.75, 3.05) is 52.3 Å². The van der Waals surface area contributed by atoms with Gasteiger partial charge in [0.25, 0.3) is 5.91 Å². The molecule has 5 N–H and O–H groups in total. The van der Waals surface area contributed by atoms with Crippen LogP contribution in [-0.4, -0.2) is 84.2 Å². The van der Waals surface area contributed by atoms with Crippen molar-refractivity contribution in [2.24, 2.45) is 0 Å². The molecule has 1 heterocycles. The molecular weight excluding hydrogens is 636 g/mol. The number of hydrogen-bond donors (Lipinski definition) is 5. The highest BCUT2D eigenvalue weighted by Crippen LogP contribution is 2.26. The zero-order valence-corrected chi connectivity index (χ0v) is 28.7. The number of anilines is 1. The van der Waals surface area contributed by atoms with Crippen LogP contribution in [0.2, 0.25) is 0 Å². The number of methoxy groups -OCH3 is 1. The minimum absolute atomic E-state index is 0.00943. The summed E-state index contributed by atoms with van der Waals surface area (Å²) in [6, 6.07) is 14.6. The SMILES string of the molecule is CNCCNC(=O)CCCOc1cc(C)c(S(=O)(=O)N[C@@H](CNC(=O)c2ccc(CCCNc3ccccn3)cc2)C(=O)OC)c(C)c1. The summed E-state index contributed by atoms with van der Waals surface area (Å²) in [5.41, 5.74) is 2.23. The maximum atomic E-state index is 13.5. The number of pyridine rings is 1. The Balaban J connectivity index is 1.53. The lowest BCUT2D eigenvalue weighted by Crippen LogP contribution is -2.49. The molecule has 1 atom stereocenters. The minimum Gasteiger partial charge on any atom is -0.494 e. The average molecular weight is 683 g/mol. The van der Waals surface area contributed by atoms with Crippen LogP contribution in [0.25, 0.3) is 0 Å². The molecule has 13 nitrogen and oxygen atoms in total. The number of amides is 2. The highest BCUT2D eigenvalue weighted by atomic mass is 32.2. The van der Waals surface area contributed by atoms with Crippen molar-refractivity contribution >= 4 is 33.6 Å². The topological polar surface area (TPSA) is 177 Å². The number of nitrogens with zero attached hydrogens (tertiary/aromatic N) is 1. The molecule has 3 rings (SSSR count). The maximum absolute atomic E-state index is 13.5. The average Bonchev–Trinajstić information content (AvgIpc) is 3.07. The van der Waals surface area contributed by atoms with Crippen LogP contribution in [0.4, 0.5) is 5.82 Å². The van der Waals surface area contributed by atoms with E-state index in [-0.39, 0.29) is 24.0 Å². The largest absolute Gasteiger partial charge is 0.494 e. The van der Waals surface area contributed by atoms with E-state index in [1.54, 1.807) is 44.3 Å². The van der Waals surface area contributed by atoms with Crippen LogP contribution >= 0.6 is 0 Å². The number of likely N-dealkylation sites (N-methyl/N-ethyl adjacent to an activating group) is 1. The number of hydrogen-bond acceptors (Lipinski definition) is 10. The first-order valence-corrected chi connectivity index (χ1v) is 17.3. The highest BCUT2D eigenvalue weighted by molar-refractivity contribution is 7.89. The van der Waals surface area contributed by atoms with E-state index in [0.717, 1.165) is 37.9 Å². The molecule has 0 unspecified atom stereocenters. The fraction of sp³-hybridized carbons (Fsp3) is 0.412. The van der Waals surface area contributed by atoms with Gasteiger partial charge in [-0.2, -0.15) is 4.72 Å². The summed E-state index contributed by atoms with van der Waals surface area (Å²) < 4.78 is 39.9. The number of carbonyl (C=O) groups excluding carboxylic acids is 3. The van der Waals surface area contributed by atoms with E-state index in [4.69, 9.17) is 9.47 Å². The van der Waals surface area contributed by atoms with Crippen LogP contribution in [0.3, 0.4) is 0 Å². The van der Waals surface area contributed by atoms with Gasteiger partial charge in [0, 0.05) is 44.4 Å². The third-order valence-electron chi connectivity index (χ3n) is 7.30. The van der Waals surface area contributed by atoms with E-state index in [9.17, 15) is 22.8 Å². The molecular formula is C34H46N6O7S. The Morgan fingerprint density at radius 1 is 0.917 bits per heavy atom. The normalized spacial score (nSPS) is 11.8. The van der Waals surface area contributed by atoms with Gasteiger partial charge in [0.05, 0.1) is 18.6 Å². The summed E-state index contributed by atoms with van der Waals surface area (Å²) in [7, 11) is -1.26. The van der Waals surface area contributed by atoms with Gasteiger partial charge in [-0.25, -0.2) is 13.4 Å². The van der Waals surface area contributed by atoms with Gasteiger partial charge in [-0.1, -0.05) is 18.2 Å². The fourth-order valence-corrected chi connectivity index (χ4v) is 6.55. The number of aromatic nitrogens is 1. The van der Waals surface area contributed by atoms with Gasteiger partial charge in [0.1, 0.15) is 17.6 Å². The van der Waals surface area contributed by atoms with Crippen molar-refractivity contribution in [1.29, 1.82) is 0 Å². The van der Waals surface area contributed by atoms with Gasteiger partial charge in [-0.15, -0.1) is 0 Å². The first kappa shape index (κ1) is 37.9. The molecule has 0 aliphatic heterocycles. The molecule has 2 aromatic carbocycles. The van der Waals surface area contributed by atoms with Gasteiger partial charge < -0.3 is 30.7 Å². The molecule has 2 amide bonds. The van der Waals surface area contributed by atoms with E-state index < -0.39 is 27.9 Å². The van der Waals surface area contributed by atoms with E-state index >= 15 is 0 Å². The first-order valence-electron chi connectivity index (χ1n) is 15.8. The second-order valence-corrected chi connectivity index (χ2v) is 12.8. The van der Waals surface area contributed by atoms with Gasteiger partial charge in [0.2, 0.25) is 15.9 Å². The van der Waals surface area contributed by atoms with Crippen LogP contribution in [0.15, 0.2) is 65.7 Å². The molecule has 0 radical (unpaired) electrons. The van der Waals surface area contributed by atoms with E-state index in [1.165, 1.54) is 0 Å². The summed E-state index contributed by atoms with van der Waals surface area (Å²) >= 11 is 0. The number of ether oxygens (including phenoxy) is 2. The second kappa shape index (κ2) is 19.3. The van der Waals surface area contributed by atoms with Crippen LogP contribution in [0.5, 0.6) is 5.75 Å². The summed E-state index contributed by atoms with van der Waals surface area (Å²) in [6.45, 7) is 5.18. The summed E-state index contributed by atoms with van der Waals surface area (Å²) in [5.74, 6) is -0.102. The van der Waals surface area contributed by atoms with Crippen LogP contribution in [-0.2, 0) is 30.8 Å². The van der Waals surface area contributed by atoms with Crippen molar-refractivity contribution in [1.82, 2.24) is 25.7 Å². The Morgan fingerprint density at radius 2 is 1.65 bits per heavy atom. The van der Waals surface area contributed by atoms with Crippen LogP contribution < -0.4 is 30.7 Å². The number of benzene rings is 2. The van der Waals surface area contributed by atoms with E-state index in [2.05, 4.69) is 31.0 Å². The van der Waals surface area contributed by atoms with Crippen molar-refractivity contribution in [3.63, 3.8) is 0 Å². The van der Waals surface area contributed by atoms with Crippen molar-refractivity contribution < 1.29 is 32.3 Å². The molecule has 0 fully saturated rings. The molecule has 0 aliphatic rings. The Hall–Kier alpha value is -4.53. The quantitative estimate of drug-likeness (QED) is 0.0879. The smallest absolute Gasteiger partial charge is 0.325 e. The summed E-state index contributed by atoms with van der Waals surface area (Å²) in [5, 5.41) is 11.6. The van der Waals surface area contributed by atoms with Crippen LogP contribution in [0, 0.1) is 13.8 Å². The summed E-state index contributed by atoms with van der Waals surface area (Å²) in [6.07, 6.45) is 4.20. The number of sulfonamides is 1. The molecule has 3 aromatic rings. The summed E-state index contributed by atoms with van der Waals surface area (Å²) in [4.78, 5) is 41.5. The molecule has 1 aromatic heterocycles. The maximum Gasteiger partial charge on any atom is 0.325 e. The highest BCUT2D eigenvalue weighted by Gasteiger charge is 2.29. The van der Waals surface area contributed by atoms with Gasteiger partial charge in [0.15, 0.2) is 0 Å². The monoisotopic (exact) mass is 682 g/mol. The third kappa shape index (κ3) is 12.2. The Kier molecular flexibility index (Phi) is 15.3. The van der Waals surface area contributed by atoms with Crippen LogP contribution in [0.1, 0.15) is 46.3 Å². The van der Waals surface area contributed by atoms with Gasteiger partial charge in [-0.05, 0) is 93.2 Å². The molecule has 0 bridgehead atoms. The molecule has 260 valence electrons. The Morgan fingerprint density at radius 3 is 2.29 bits per heavy atom. The molecule has 48 heavy (non-hydrogen) atoms. The lowest BCUT2D eigenvalue weighted by molar-refractivity contribution is -0.142. The first-order chi connectivity index (χ1) is 23.0. The zero-order valence-electron chi connectivity index (χ0n) is 27.9. The molecule has 0 spiro atoms.